The number of nitrogens with zero attached hydrogens (tertiary/aromatic N) is 3. The topological polar surface area (TPSA) is 75.2 Å². The van der Waals surface area contributed by atoms with Crippen LogP contribution in [-0.4, -0.2) is 32.5 Å². The minimum Gasteiger partial charge on any atom is -0.378 e. The van der Waals surface area contributed by atoms with E-state index >= 15 is 0 Å². The molecule has 0 unspecified atom stereocenters. The fourth-order valence-corrected chi connectivity index (χ4v) is 4.14. The van der Waals surface area contributed by atoms with Crippen molar-refractivity contribution in [2.24, 2.45) is 0 Å². The van der Waals surface area contributed by atoms with Crippen molar-refractivity contribution >= 4 is 32.9 Å². The Bertz CT molecular complexity index is 921. The number of hydrogen-bond acceptors (Lipinski definition) is 6. The molecule has 0 atom stereocenters. The van der Waals surface area contributed by atoms with Crippen LogP contribution in [0.25, 0.3) is 11.3 Å². The van der Waals surface area contributed by atoms with Crippen molar-refractivity contribution in [1.29, 1.82) is 0 Å². The van der Waals surface area contributed by atoms with Gasteiger partial charge in [-0.25, -0.2) is 13.4 Å². The van der Waals surface area contributed by atoms with Crippen LogP contribution >= 0.6 is 11.3 Å². The van der Waals surface area contributed by atoms with Crippen molar-refractivity contribution in [2.45, 2.75) is 4.21 Å². The number of anilines is 2. The second-order valence-electron chi connectivity index (χ2n) is 5.23. The third-order valence-corrected chi connectivity index (χ3v) is 6.08. The van der Waals surface area contributed by atoms with Gasteiger partial charge < -0.3 is 4.90 Å². The van der Waals surface area contributed by atoms with E-state index in [0.717, 1.165) is 22.6 Å². The first-order valence-electron chi connectivity index (χ1n) is 7.12. The highest BCUT2D eigenvalue weighted by atomic mass is 32.2. The fraction of sp³-hybridized carbons (Fsp3) is 0.125. The van der Waals surface area contributed by atoms with Crippen LogP contribution in [0.1, 0.15) is 0 Å². The van der Waals surface area contributed by atoms with Crippen molar-refractivity contribution in [3.63, 3.8) is 0 Å². The summed E-state index contributed by atoms with van der Waals surface area (Å²) in [6.07, 6.45) is 3.00. The van der Waals surface area contributed by atoms with Crippen LogP contribution in [0, 0.1) is 0 Å². The standard InChI is InChI=1S/C16H16N4O2S2/c1-20(2)13-7-5-12(6-8-13)15-16(18-10-9-17-15)19-24(21,22)14-4-3-11-23-14/h3-11H,1-2H3,(H,18,19). The van der Waals surface area contributed by atoms with Gasteiger partial charge in [0.2, 0.25) is 0 Å². The molecule has 3 aromatic rings. The van der Waals surface area contributed by atoms with Crippen LogP contribution in [0.4, 0.5) is 11.5 Å². The van der Waals surface area contributed by atoms with Gasteiger partial charge in [-0.15, -0.1) is 11.3 Å². The third kappa shape index (κ3) is 3.39. The van der Waals surface area contributed by atoms with Gasteiger partial charge in [-0.1, -0.05) is 18.2 Å². The lowest BCUT2D eigenvalue weighted by Gasteiger charge is -2.13. The van der Waals surface area contributed by atoms with Gasteiger partial charge in [0.15, 0.2) is 5.82 Å². The molecule has 0 fully saturated rings. The van der Waals surface area contributed by atoms with Crippen molar-refractivity contribution in [3.05, 3.63) is 54.2 Å². The van der Waals surface area contributed by atoms with Crippen LogP contribution in [0.2, 0.25) is 0 Å². The van der Waals surface area contributed by atoms with Crippen molar-refractivity contribution in [3.8, 4) is 11.3 Å². The zero-order valence-electron chi connectivity index (χ0n) is 13.2. The largest absolute Gasteiger partial charge is 0.378 e. The molecule has 2 aromatic heterocycles. The summed E-state index contributed by atoms with van der Waals surface area (Å²) < 4.78 is 27.6. The van der Waals surface area contributed by atoms with Gasteiger partial charge in [0.05, 0.1) is 0 Å². The normalized spacial score (nSPS) is 11.2. The summed E-state index contributed by atoms with van der Waals surface area (Å²) in [4.78, 5) is 10.4. The summed E-state index contributed by atoms with van der Waals surface area (Å²) in [5, 5.41) is 1.71. The van der Waals surface area contributed by atoms with Gasteiger partial charge in [0.25, 0.3) is 10.0 Å². The fourth-order valence-electron chi connectivity index (χ4n) is 2.14. The van der Waals surface area contributed by atoms with Gasteiger partial charge in [0, 0.05) is 37.7 Å². The first kappa shape index (κ1) is 16.4. The molecule has 0 bridgehead atoms. The average Bonchev–Trinajstić information content (AvgIpc) is 3.11. The van der Waals surface area contributed by atoms with E-state index in [9.17, 15) is 8.42 Å². The molecule has 0 spiro atoms. The zero-order valence-corrected chi connectivity index (χ0v) is 14.8. The molecule has 0 saturated heterocycles. The number of nitrogens with one attached hydrogen (secondary N) is 1. The first-order chi connectivity index (χ1) is 11.5. The van der Waals surface area contributed by atoms with Crippen molar-refractivity contribution < 1.29 is 8.42 Å². The second-order valence-corrected chi connectivity index (χ2v) is 8.09. The van der Waals surface area contributed by atoms with Crippen molar-refractivity contribution in [1.82, 2.24) is 9.97 Å². The van der Waals surface area contributed by atoms with Crippen LogP contribution in [0.3, 0.4) is 0 Å². The number of aromatic nitrogens is 2. The van der Waals surface area contributed by atoms with Crippen LogP contribution in [0.5, 0.6) is 0 Å². The summed E-state index contributed by atoms with van der Waals surface area (Å²) in [5.74, 6) is 0.212. The Morgan fingerprint density at radius 1 is 1.04 bits per heavy atom. The molecule has 0 saturated carbocycles. The molecular weight excluding hydrogens is 344 g/mol. The van der Waals surface area contributed by atoms with Gasteiger partial charge in [0.1, 0.15) is 9.90 Å². The molecule has 3 rings (SSSR count). The molecule has 0 amide bonds. The molecule has 24 heavy (non-hydrogen) atoms. The summed E-state index contributed by atoms with van der Waals surface area (Å²) in [6, 6.07) is 10.9. The van der Waals surface area contributed by atoms with Crippen LogP contribution in [-0.2, 0) is 10.0 Å². The molecule has 1 N–H and O–H groups in total. The Morgan fingerprint density at radius 2 is 1.75 bits per heavy atom. The molecular formula is C16H16N4O2S2. The number of benzene rings is 1. The average molecular weight is 360 g/mol. The molecule has 8 heteroatoms. The van der Waals surface area contributed by atoms with Gasteiger partial charge >= 0.3 is 0 Å². The quantitative estimate of drug-likeness (QED) is 0.757. The Morgan fingerprint density at radius 3 is 2.38 bits per heavy atom. The maximum Gasteiger partial charge on any atom is 0.272 e. The molecule has 0 aliphatic rings. The molecule has 2 heterocycles. The van der Waals surface area contributed by atoms with Crippen LogP contribution in [0.15, 0.2) is 58.4 Å². The maximum absolute atomic E-state index is 12.4. The van der Waals surface area contributed by atoms with E-state index in [1.807, 2.05) is 43.3 Å². The molecule has 0 aliphatic carbocycles. The minimum atomic E-state index is -3.66. The van der Waals surface area contributed by atoms with Crippen LogP contribution < -0.4 is 9.62 Å². The van der Waals surface area contributed by atoms with Crippen molar-refractivity contribution in [2.75, 3.05) is 23.7 Å². The number of thiophene rings is 1. The SMILES string of the molecule is CN(C)c1ccc(-c2nccnc2NS(=O)(=O)c2cccs2)cc1. The molecule has 124 valence electrons. The Hall–Kier alpha value is -2.45. The molecule has 6 nitrogen and oxygen atoms in total. The molecule has 0 aliphatic heterocycles. The summed E-state index contributed by atoms with van der Waals surface area (Å²) in [7, 11) is 0.248. The lowest BCUT2D eigenvalue weighted by Crippen LogP contribution is -2.14. The zero-order chi connectivity index (χ0) is 17.2. The van der Waals surface area contributed by atoms with E-state index in [4.69, 9.17) is 0 Å². The second kappa shape index (κ2) is 6.58. The Labute approximate surface area is 144 Å². The minimum absolute atomic E-state index is 0.212. The Balaban J connectivity index is 1.97. The number of sulfonamides is 1. The van der Waals surface area contributed by atoms with E-state index in [2.05, 4.69) is 14.7 Å². The van der Waals surface area contributed by atoms with Gasteiger partial charge in [-0.3, -0.25) is 9.71 Å². The highest BCUT2D eigenvalue weighted by molar-refractivity contribution is 7.94. The molecule has 0 radical (unpaired) electrons. The predicted octanol–water partition coefficient (Wildman–Crippen LogP) is 3.07. The summed E-state index contributed by atoms with van der Waals surface area (Å²) in [5.41, 5.74) is 2.32. The van der Waals surface area contributed by atoms with Gasteiger partial charge in [-0.05, 0) is 23.6 Å². The highest BCUT2D eigenvalue weighted by Gasteiger charge is 2.19. The highest BCUT2D eigenvalue weighted by Crippen LogP contribution is 2.28. The number of rotatable bonds is 5. The first-order valence-corrected chi connectivity index (χ1v) is 9.49. The van der Waals surface area contributed by atoms with E-state index in [1.165, 1.54) is 12.4 Å². The monoisotopic (exact) mass is 360 g/mol. The van der Waals surface area contributed by atoms with E-state index in [1.54, 1.807) is 17.5 Å². The lowest BCUT2D eigenvalue weighted by molar-refractivity contribution is 0.603. The van der Waals surface area contributed by atoms with E-state index in [0.29, 0.717) is 5.69 Å². The summed E-state index contributed by atoms with van der Waals surface area (Å²) >= 11 is 1.15. The Kier molecular flexibility index (Phi) is 4.50. The predicted molar refractivity (Wildman–Crippen MR) is 96.9 cm³/mol. The molecule has 1 aromatic carbocycles. The van der Waals surface area contributed by atoms with E-state index in [-0.39, 0.29) is 10.0 Å². The lowest BCUT2D eigenvalue weighted by atomic mass is 10.1. The number of hydrogen-bond donors (Lipinski definition) is 1. The third-order valence-electron chi connectivity index (χ3n) is 3.35. The van der Waals surface area contributed by atoms with Gasteiger partial charge in [-0.2, -0.15) is 0 Å². The smallest absolute Gasteiger partial charge is 0.272 e. The van der Waals surface area contributed by atoms with E-state index < -0.39 is 10.0 Å². The maximum atomic E-state index is 12.4. The summed E-state index contributed by atoms with van der Waals surface area (Å²) in [6.45, 7) is 0.